The van der Waals surface area contributed by atoms with Crippen LogP contribution in [0.1, 0.15) is 35.0 Å². The number of benzene rings is 1. The third-order valence-corrected chi connectivity index (χ3v) is 8.38. The molecule has 0 radical (unpaired) electrons. The molecule has 9 heteroatoms. The van der Waals surface area contributed by atoms with Crippen molar-refractivity contribution < 1.29 is 17.9 Å². The van der Waals surface area contributed by atoms with Crippen LogP contribution in [0.4, 0.5) is 0 Å². The molecule has 158 valence electrons. The number of methoxy groups -OCH3 is 1. The maximum absolute atomic E-state index is 12.9. The third kappa shape index (κ3) is 5.36. The molecule has 1 aliphatic heterocycles. The van der Waals surface area contributed by atoms with E-state index in [-0.39, 0.29) is 12.5 Å². The van der Waals surface area contributed by atoms with E-state index in [1.165, 1.54) is 11.3 Å². The molecule has 2 heterocycles. The Morgan fingerprint density at radius 2 is 2.00 bits per heavy atom. The zero-order chi connectivity index (χ0) is 20.9. The van der Waals surface area contributed by atoms with E-state index in [0.717, 1.165) is 24.3 Å². The second-order valence-electron chi connectivity index (χ2n) is 6.87. The summed E-state index contributed by atoms with van der Waals surface area (Å²) in [6.45, 7) is 4.29. The molecule has 0 bridgehead atoms. The van der Waals surface area contributed by atoms with Crippen molar-refractivity contribution in [3.63, 3.8) is 0 Å². The van der Waals surface area contributed by atoms with Crippen molar-refractivity contribution in [1.82, 2.24) is 14.9 Å². The zero-order valence-corrected chi connectivity index (χ0v) is 18.3. The van der Waals surface area contributed by atoms with Gasteiger partial charge in [-0.3, -0.25) is 4.79 Å². The summed E-state index contributed by atoms with van der Waals surface area (Å²) in [5, 5.41) is 6.21. The van der Waals surface area contributed by atoms with E-state index in [0.29, 0.717) is 34.7 Å². The first kappa shape index (κ1) is 21.8. The highest BCUT2D eigenvalue weighted by molar-refractivity contribution is 7.91. The maximum atomic E-state index is 12.9. The SMILES string of the molecule is CCNC1CCN(S(=O)(=O)c2ccc(CNC(=O)c3cccc(OC)c3)s2)CC1. The van der Waals surface area contributed by atoms with Crippen LogP contribution in [0.3, 0.4) is 0 Å². The Balaban J connectivity index is 1.59. The van der Waals surface area contributed by atoms with Crippen LogP contribution < -0.4 is 15.4 Å². The van der Waals surface area contributed by atoms with Gasteiger partial charge in [0.2, 0.25) is 0 Å². The number of nitrogens with one attached hydrogen (secondary N) is 2. The first-order valence-corrected chi connectivity index (χ1v) is 11.9. The van der Waals surface area contributed by atoms with Gasteiger partial charge in [0.25, 0.3) is 15.9 Å². The topological polar surface area (TPSA) is 87.7 Å². The van der Waals surface area contributed by atoms with Crippen molar-refractivity contribution in [3.8, 4) is 5.75 Å². The fourth-order valence-electron chi connectivity index (χ4n) is 3.34. The quantitative estimate of drug-likeness (QED) is 0.662. The van der Waals surface area contributed by atoms with Gasteiger partial charge >= 0.3 is 0 Å². The second kappa shape index (κ2) is 9.71. The van der Waals surface area contributed by atoms with Gasteiger partial charge in [0.05, 0.1) is 13.7 Å². The van der Waals surface area contributed by atoms with E-state index in [1.54, 1.807) is 47.8 Å². The summed E-state index contributed by atoms with van der Waals surface area (Å²) < 4.78 is 32.8. The number of hydrogen-bond donors (Lipinski definition) is 2. The lowest BCUT2D eigenvalue weighted by molar-refractivity contribution is 0.0951. The lowest BCUT2D eigenvalue weighted by atomic mass is 10.1. The maximum Gasteiger partial charge on any atom is 0.252 e. The van der Waals surface area contributed by atoms with E-state index in [1.807, 2.05) is 0 Å². The molecule has 1 amide bonds. The van der Waals surface area contributed by atoms with Gasteiger partial charge in [-0.05, 0) is 49.7 Å². The Morgan fingerprint density at radius 1 is 1.24 bits per heavy atom. The lowest BCUT2D eigenvalue weighted by Gasteiger charge is -2.31. The second-order valence-corrected chi connectivity index (χ2v) is 10.2. The molecule has 0 aliphatic carbocycles. The first-order chi connectivity index (χ1) is 13.9. The normalized spacial score (nSPS) is 15.9. The molecule has 7 nitrogen and oxygen atoms in total. The van der Waals surface area contributed by atoms with Crippen LogP contribution in [-0.4, -0.2) is 51.4 Å². The van der Waals surface area contributed by atoms with Crippen molar-refractivity contribution in [2.75, 3.05) is 26.7 Å². The van der Waals surface area contributed by atoms with Crippen molar-refractivity contribution in [3.05, 3.63) is 46.8 Å². The van der Waals surface area contributed by atoms with Crippen molar-refractivity contribution in [2.24, 2.45) is 0 Å². The van der Waals surface area contributed by atoms with Gasteiger partial charge in [-0.25, -0.2) is 8.42 Å². The predicted octanol–water partition coefficient (Wildman–Crippen LogP) is 2.45. The van der Waals surface area contributed by atoms with Crippen LogP contribution in [0.25, 0.3) is 0 Å². The monoisotopic (exact) mass is 437 g/mol. The van der Waals surface area contributed by atoms with Gasteiger partial charge in [0.15, 0.2) is 0 Å². The molecule has 0 spiro atoms. The molecule has 2 aromatic rings. The molecular formula is C20H27N3O4S2. The number of carbonyl (C=O) groups excluding carboxylic acids is 1. The largest absolute Gasteiger partial charge is 0.497 e. The Bertz CT molecular complexity index is 935. The third-order valence-electron chi connectivity index (χ3n) is 4.93. The molecule has 1 aromatic carbocycles. The summed E-state index contributed by atoms with van der Waals surface area (Å²) in [5.74, 6) is 0.382. The number of piperidine rings is 1. The zero-order valence-electron chi connectivity index (χ0n) is 16.7. The highest BCUT2D eigenvalue weighted by Gasteiger charge is 2.30. The van der Waals surface area contributed by atoms with E-state index in [9.17, 15) is 13.2 Å². The molecule has 1 saturated heterocycles. The molecule has 1 fully saturated rings. The fourth-order valence-corrected chi connectivity index (χ4v) is 6.26. The molecule has 0 saturated carbocycles. The molecule has 1 aliphatic rings. The van der Waals surface area contributed by atoms with E-state index in [4.69, 9.17) is 4.74 Å². The Kier molecular flexibility index (Phi) is 7.28. The average Bonchev–Trinajstić information content (AvgIpc) is 3.23. The molecular weight excluding hydrogens is 410 g/mol. The summed E-state index contributed by atoms with van der Waals surface area (Å²) >= 11 is 1.20. The summed E-state index contributed by atoms with van der Waals surface area (Å²) in [4.78, 5) is 13.1. The smallest absolute Gasteiger partial charge is 0.252 e. The van der Waals surface area contributed by atoms with Gasteiger partial charge in [0.1, 0.15) is 9.96 Å². The number of sulfonamides is 1. The summed E-state index contributed by atoms with van der Waals surface area (Å²) in [7, 11) is -1.94. The van der Waals surface area contributed by atoms with Crippen LogP contribution in [0, 0.1) is 0 Å². The highest BCUT2D eigenvalue weighted by Crippen LogP contribution is 2.27. The van der Waals surface area contributed by atoms with Crippen molar-refractivity contribution in [1.29, 1.82) is 0 Å². The van der Waals surface area contributed by atoms with E-state index >= 15 is 0 Å². The van der Waals surface area contributed by atoms with Crippen LogP contribution >= 0.6 is 11.3 Å². The van der Waals surface area contributed by atoms with Crippen LogP contribution in [0.15, 0.2) is 40.6 Å². The predicted molar refractivity (Wildman–Crippen MR) is 114 cm³/mol. The fraction of sp³-hybridized carbons (Fsp3) is 0.450. The van der Waals surface area contributed by atoms with Gasteiger partial charge in [0, 0.05) is 29.6 Å². The summed E-state index contributed by atoms with van der Waals surface area (Å²) in [6.07, 6.45) is 1.64. The lowest BCUT2D eigenvalue weighted by Crippen LogP contribution is -2.44. The van der Waals surface area contributed by atoms with Crippen LogP contribution in [-0.2, 0) is 16.6 Å². The molecule has 3 rings (SSSR count). The Labute approximate surface area is 176 Å². The number of ether oxygens (including phenoxy) is 1. The molecule has 0 unspecified atom stereocenters. The van der Waals surface area contributed by atoms with Crippen LogP contribution in [0.5, 0.6) is 5.75 Å². The minimum atomic E-state index is -3.48. The standard InChI is InChI=1S/C20H27N3O4S2/c1-3-21-16-9-11-23(12-10-16)29(25,26)19-8-7-18(28-19)14-22-20(24)15-5-4-6-17(13-15)27-2/h4-8,13,16,21H,3,9-12,14H2,1-2H3,(H,22,24). The molecule has 1 aromatic heterocycles. The van der Waals surface area contributed by atoms with Gasteiger partial charge in [-0.1, -0.05) is 13.0 Å². The van der Waals surface area contributed by atoms with Gasteiger partial charge < -0.3 is 15.4 Å². The Hall–Kier alpha value is -1.94. The van der Waals surface area contributed by atoms with Crippen molar-refractivity contribution >= 4 is 27.3 Å². The van der Waals surface area contributed by atoms with Crippen molar-refractivity contribution in [2.45, 2.75) is 36.6 Å². The first-order valence-electron chi connectivity index (χ1n) is 9.68. The number of carbonyl (C=O) groups is 1. The summed E-state index contributed by atoms with van der Waals surface area (Å²) in [5.41, 5.74) is 0.498. The van der Waals surface area contributed by atoms with Crippen LogP contribution in [0.2, 0.25) is 0 Å². The van der Waals surface area contributed by atoms with Gasteiger partial charge in [-0.15, -0.1) is 11.3 Å². The molecule has 29 heavy (non-hydrogen) atoms. The van der Waals surface area contributed by atoms with Gasteiger partial charge in [-0.2, -0.15) is 4.31 Å². The number of amides is 1. The van der Waals surface area contributed by atoms with E-state index in [2.05, 4.69) is 17.6 Å². The number of thiophene rings is 1. The van der Waals surface area contributed by atoms with E-state index < -0.39 is 10.0 Å². The average molecular weight is 438 g/mol. The minimum absolute atomic E-state index is 0.229. The highest BCUT2D eigenvalue weighted by atomic mass is 32.2. The summed E-state index contributed by atoms with van der Waals surface area (Å²) in [6, 6.07) is 10.7. The Morgan fingerprint density at radius 3 is 2.69 bits per heavy atom. The number of hydrogen-bond acceptors (Lipinski definition) is 6. The molecule has 2 N–H and O–H groups in total. The minimum Gasteiger partial charge on any atom is -0.497 e. The molecule has 0 atom stereocenters. The number of nitrogens with zero attached hydrogens (tertiary/aromatic N) is 1. The number of rotatable bonds is 8.